The van der Waals surface area contributed by atoms with Gasteiger partial charge in [0.2, 0.25) is 5.91 Å². The highest BCUT2D eigenvalue weighted by atomic mass is 16.5. The highest BCUT2D eigenvalue weighted by Gasteiger charge is 2.06. The van der Waals surface area contributed by atoms with Gasteiger partial charge in [0.15, 0.2) is 0 Å². The third-order valence-electron chi connectivity index (χ3n) is 3.15. The number of para-hydroxylation sites is 1. The molecular weight excluding hydrogens is 254 g/mol. The van der Waals surface area contributed by atoms with Crippen LogP contribution >= 0.6 is 0 Å². The summed E-state index contributed by atoms with van der Waals surface area (Å²) >= 11 is 0. The Morgan fingerprint density at radius 2 is 2.20 bits per heavy atom. The van der Waals surface area contributed by atoms with E-state index in [4.69, 9.17) is 4.74 Å². The number of imidazole rings is 1. The lowest BCUT2D eigenvalue weighted by molar-refractivity contribution is -0.121. The van der Waals surface area contributed by atoms with Crippen LogP contribution in [0.4, 0.5) is 0 Å². The molecule has 0 aliphatic carbocycles. The van der Waals surface area contributed by atoms with E-state index in [0.717, 1.165) is 23.6 Å². The molecule has 20 heavy (non-hydrogen) atoms. The number of amides is 1. The summed E-state index contributed by atoms with van der Waals surface area (Å²) in [5.41, 5.74) is 1.09. The number of aryl methyl sites for hydroxylation is 1. The van der Waals surface area contributed by atoms with Crippen molar-refractivity contribution in [3.8, 4) is 5.75 Å². The van der Waals surface area contributed by atoms with Gasteiger partial charge in [0.25, 0.3) is 0 Å². The summed E-state index contributed by atoms with van der Waals surface area (Å²) in [7, 11) is 1.65. The second-order valence-electron chi connectivity index (χ2n) is 4.51. The van der Waals surface area contributed by atoms with Crippen LogP contribution < -0.4 is 10.1 Å². The van der Waals surface area contributed by atoms with Crippen LogP contribution in [0.2, 0.25) is 0 Å². The van der Waals surface area contributed by atoms with Crippen molar-refractivity contribution in [2.24, 2.45) is 0 Å². The number of nitrogens with one attached hydrogen (secondary N) is 1. The highest BCUT2D eigenvalue weighted by Crippen LogP contribution is 2.17. The first-order valence-electron chi connectivity index (χ1n) is 6.57. The molecule has 0 radical (unpaired) electrons. The van der Waals surface area contributed by atoms with Crippen LogP contribution in [-0.2, 0) is 17.8 Å². The number of nitrogens with zero attached hydrogens (tertiary/aromatic N) is 2. The molecule has 106 valence electrons. The molecule has 5 heteroatoms. The third kappa shape index (κ3) is 3.60. The van der Waals surface area contributed by atoms with Gasteiger partial charge in [0, 0.05) is 18.9 Å². The fraction of sp³-hybridized carbons (Fsp3) is 0.333. The molecule has 0 saturated carbocycles. The maximum Gasteiger partial charge on any atom is 0.239 e. The van der Waals surface area contributed by atoms with Gasteiger partial charge in [-0.25, -0.2) is 4.98 Å². The Morgan fingerprint density at radius 1 is 1.40 bits per heavy atom. The predicted octanol–water partition coefficient (Wildman–Crippen LogP) is 1.56. The minimum absolute atomic E-state index is 0.0130. The van der Waals surface area contributed by atoms with Crippen LogP contribution in [-0.4, -0.2) is 29.1 Å². The number of carbonyl (C=O) groups is 1. The minimum Gasteiger partial charge on any atom is -0.496 e. The number of methoxy groups -OCH3 is 1. The molecule has 0 unspecified atom stereocenters. The molecule has 1 N–H and O–H groups in total. The summed E-state index contributed by atoms with van der Waals surface area (Å²) in [4.78, 5) is 15.9. The first kappa shape index (κ1) is 14.1. The lowest BCUT2D eigenvalue weighted by atomic mass is 10.1. The van der Waals surface area contributed by atoms with E-state index in [0.29, 0.717) is 13.1 Å². The van der Waals surface area contributed by atoms with Crippen molar-refractivity contribution in [2.45, 2.75) is 19.9 Å². The van der Waals surface area contributed by atoms with Crippen LogP contribution in [0.25, 0.3) is 0 Å². The van der Waals surface area contributed by atoms with E-state index in [9.17, 15) is 4.79 Å². The number of aromatic nitrogens is 2. The first-order valence-corrected chi connectivity index (χ1v) is 6.57. The molecule has 0 atom stereocenters. The smallest absolute Gasteiger partial charge is 0.239 e. The lowest BCUT2D eigenvalue weighted by Crippen LogP contribution is -2.29. The average molecular weight is 273 g/mol. The molecule has 1 heterocycles. The van der Waals surface area contributed by atoms with E-state index < -0.39 is 0 Å². The number of rotatable bonds is 6. The normalized spacial score (nSPS) is 10.3. The Kier molecular flexibility index (Phi) is 4.76. The average Bonchev–Trinajstić information content (AvgIpc) is 2.85. The van der Waals surface area contributed by atoms with Gasteiger partial charge in [-0.2, -0.15) is 0 Å². The monoisotopic (exact) mass is 273 g/mol. The van der Waals surface area contributed by atoms with Crippen molar-refractivity contribution in [2.75, 3.05) is 13.7 Å². The molecule has 1 aromatic carbocycles. The van der Waals surface area contributed by atoms with Gasteiger partial charge >= 0.3 is 0 Å². The van der Waals surface area contributed by atoms with Gasteiger partial charge in [0.05, 0.1) is 7.11 Å². The molecular formula is C15H19N3O2. The van der Waals surface area contributed by atoms with Crippen molar-refractivity contribution in [1.82, 2.24) is 14.9 Å². The molecule has 0 bridgehead atoms. The van der Waals surface area contributed by atoms with Crippen LogP contribution in [0.1, 0.15) is 11.4 Å². The van der Waals surface area contributed by atoms with Gasteiger partial charge in [-0.15, -0.1) is 0 Å². The highest BCUT2D eigenvalue weighted by molar-refractivity contribution is 5.75. The minimum atomic E-state index is -0.0130. The van der Waals surface area contributed by atoms with Gasteiger partial charge in [-0.3, -0.25) is 4.79 Å². The van der Waals surface area contributed by atoms with E-state index in [1.165, 1.54) is 0 Å². The number of hydrogen-bond donors (Lipinski definition) is 1. The largest absolute Gasteiger partial charge is 0.496 e. The van der Waals surface area contributed by atoms with E-state index in [-0.39, 0.29) is 5.91 Å². The molecule has 2 aromatic rings. The Hall–Kier alpha value is -2.30. The topological polar surface area (TPSA) is 56.1 Å². The van der Waals surface area contributed by atoms with Gasteiger partial charge < -0.3 is 14.6 Å². The molecule has 0 saturated heterocycles. The van der Waals surface area contributed by atoms with Crippen molar-refractivity contribution in [3.05, 3.63) is 48.0 Å². The first-order chi connectivity index (χ1) is 9.70. The molecule has 1 aromatic heterocycles. The molecule has 0 aliphatic rings. The van der Waals surface area contributed by atoms with Crippen molar-refractivity contribution in [1.29, 1.82) is 0 Å². The number of hydrogen-bond acceptors (Lipinski definition) is 3. The Balaban J connectivity index is 1.81. The fourth-order valence-corrected chi connectivity index (χ4v) is 2.03. The number of ether oxygens (including phenoxy) is 1. The summed E-state index contributed by atoms with van der Waals surface area (Å²) in [6, 6.07) is 7.83. The zero-order valence-electron chi connectivity index (χ0n) is 11.8. The summed E-state index contributed by atoms with van der Waals surface area (Å²) in [6.45, 7) is 2.77. The SMILES string of the molecule is COc1ccccc1CCNC(=O)Cn1ccnc1C. The van der Waals surface area contributed by atoms with Crippen molar-refractivity contribution < 1.29 is 9.53 Å². The molecule has 2 rings (SSSR count). The van der Waals surface area contributed by atoms with E-state index in [1.54, 1.807) is 19.5 Å². The summed E-state index contributed by atoms with van der Waals surface area (Å²) in [5, 5.41) is 2.90. The van der Waals surface area contributed by atoms with E-state index in [2.05, 4.69) is 10.3 Å². The maximum atomic E-state index is 11.8. The second kappa shape index (κ2) is 6.75. The van der Waals surface area contributed by atoms with E-state index >= 15 is 0 Å². The summed E-state index contributed by atoms with van der Waals surface area (Å²) in [6.07, 6.45) is 4.24. The molecule has 0 spiro atoms. The van der Waals surface area contributed by atoms with Crippen LogP contribution in [0.3, 0.4) is 0 Å². The number of benzene rings is 1. The maximum absolute atomic E-state index is 11.8. The lowest BCUT2D eigenvalue weighted by Gasteiger charge is -2.09. The van der Waals surface area contributed by atoms with Gasteiger partial charge in [-0.05, 0) is 25.0 Å². The van der Waals surface area contributed by atoms with Crippen LogP contribution in [0.5, 0.6) is 5.75 Å². The predicted molar refractivity (Wildman–Crippen MR) is 76.7 cm³/mol. The van der Waals surface area contributed by atoms with E-state index in [1.807, 2.05) is 35.8 Å². The summed E-state index contributed by atoms with van der Waals surface area (Å²) in [5.74, 6) is 1.68. The molecule has 0 aliphatic heterocycles. The molecule has 0 fully saturated rings. The van der Waals surface area contributed by atoms with Crippen molar-refractivity contribution >= 4 is 5.91 Å². The second-order valence-corrected chi connectivity index (χ2v) is 4.51. The fourth-order valence-electron chi connectivity index (χ4n) is 2.03. The Labute approximate surface area is 118 Å². The third-order valence-corrected chi connectivity index (χ3v) is 3.15. The Bertz CT molecular complexity index is 578. The Morgan fingerprint density at radius 3 is 2.90 bits per heavy atom. The quantitative estimate of drug-likeness (QED) is 0.869. The number of carbonyl (C=O) groups excluding carboxylic acids is 1. The molecule has 5 nitrogen and oxygen atoms in total. The molecule has 1 amide bonds. The summed E-state index contributed by atoms with van der Waals surface area (Å²) < 4.78 is 7.10. The standard InChI is InChI=1S/C15H19N3O2/c1-12-16-9-10-18(12)11-15(19)17-8-7-13-5-3-4-6-14(13)20-2/h3-6,9-10H,7-8,11H2,1-2H3,(H,17,19). The zero-order valence-corrected chi connectivity index (χ0v) is 11.8. The van der Waals surface area contributed by atoms with Crippen LogP contribution in [0.15, 0.2) is 36.7 Å². The zero-order chi connectivity index (χ0) is 14.4. The van der Waals surface area contributed by atoms with Gasteiger partial charge in [-0.1, -0.05) is 18.2 Å². The van der Waals surface area contributed by atoms with Crippen LogP contribution in [0, 0.1) is 6.92 Å². The van der Waals surface area contributed by atoms with Crippen molar-refractivity contribution in [3.63, 3.8) is 0 Å². The van der Waals surface area contributed by atoms with Gasteiger partial charge in [0.1, 0.15) is 18.1 Å².